The van der Waals surface area contributed by atoms with Gasteiger partial charge in [0.25, 0.3) is 0 Å². The van der Waals surface area contributed by atoms with Crippen molar-refractivity contribution in [3.05, 3.63) is 5.53 Å². The fraction of sp³-hybridized carbons (Fsp3) is 0.786. The SMILES string of the molecule is CCCCCC1(CCC#N)CCCC(=[N+]=[N-])C1=O. The highest BCUT2D eigenvalue weighted by molar-refractivity contribution is 6.39. The minimum absolute atomic E-state index is 0.0254. The Labute approximate surface area is 109 Å². The lowest BCUT2D eigenvalue weighted by molar-refractivity contribution is -0.129. The molecule has 18 heavy (non-hydrogen) atoms. The summed E-state index contributed by atoms with van der Waals surface area (Å²) in [5.74, 6) is -0.0254. The molecule has 0 spiro atoms. The minimum Gasteiger partial charge on any atom is -0.361 e. The Balaban J connectivity index is 2.84. The Bertz CT molecular complexity index is 390. The molecule has 0 aromatic carbocycles. The fourth-order valence-electron chi connectivity index (χ4n) is 2.83. The molecule has 1 atom stereocenters. The molecule has 1 aliphatic rings. The van der Waals surface area contributed by atoms with Gasteiger partial charge in [-0.3, -0.25) is 4.79 Å². The maximum Gasteiger partial charge on any atom is 0.335 e. The molecule has 0 aliphatic heterocycles. The Morgan fingerprint density at radius 3 is 2.83 bits per heavy atom. The lowest BCUT2D eigenvalue weighted by Crippen LogP contribution is -2.40. The van der Waals surface area contributed by atoms with E-state index in [2.05, 4.69) is 17.8 Å². The molecule has 0 bridgehead atoms. The van der Waals surface area contributed by atoms with Crippen LogP contribution in [0, 0.1) is 16.7 Å². The summed E-state index contributed by atoms with van der Waals surface area (Å²) in [5, 5.41) is 8.75. The standard InChI is InChI=1S/C14H21N3O/c1-2-3-4-8-14(10-6-11-15)9-5-7-12(17-16)13(14)18/h2-10H2,1H3. The number of nitriles is 1. The molecule has 0 heterocycles. The first-order valence-corrected chi connectivity index (χ1v) is 6.83. The molecule has 0 saturated heterocycles. The second-order valence-electron chi connectivity index (χ2n) is 5.12. The van der Waals surface area contributed by atoms with Gasteiger partial charge in [-0.1, -0.05) is 26.2 Å². The topological polar surface area (TPSA) is 77.3 Å². The van der Waals surface area contributed by atoms with Crippen LogP contribution < -0.4 is 0 Å². The van der Waals surface area contributed by atoms with Crippen LogP contribution in [0.3, 0.4) is 0 Å². The summed E-state index contributed by atoms with van der Waals surface area (Å²) in [6.45, 7) is 2.13. The van der Waals surface area contributed by atoms with E-state index in [4.69, 9.17) is 10.8 Å². The number of ketones is 1. The Kier molecular flexibility index (Phi) is 5.74. The van der Waals surface area contributed by atoms with E-state index in [1.165, 1.54) is 0 Å². The smallest absolute Gasteiger partial charge is 0.335 e. The molecular formula is C14H21N3O. The summed E-state index contributed by atoms with van der Waals surface area (Å²) < 4.78 is 0. The van der Waals surface area contributed by atoms with Gasteiger partial charge in [0.2, 0.25) is 5.78 Å². The van der Waals surface area contributed by atoms with Crippen molar-refractivity contribution in [3.8, 4) is 6.07 Å². The average molecular weight is 247 g/mol. The van der Waals surface area contributed by atoms with Crippen LogP contribution in [-0.2, 0) is 4.79 Å². The minimum atomic E-state index is -0.440. The molecule has 4 nitrogen and oxygen atoms in total. The van der Waals surface area contributed by atoms with Gasteiger partial charge in [-0.25, -0.2) is 0 Å². The van der Waals surface area contributed by atoms with Gasteiger partial charge in [-0.2, -0.15) is 10.1 Å². The van der Waals surface area contributed by atoms with E-state index in [9.17, 15) is 4.79 Å². The first-order chi connectivity index (χ1) is 8.70. The second kappa shape index (κ2) is 7.08. The lowest BCUT2D eigenvalue weighted by Gasteiger charge is -2.33. The predicted octanol–water partition coefficient (Wildman–Crippen LogP) is 3.28. The van der Waals surface area contributed by atoms with Gasteiger partial charge in [0.15, 0.2) is 0 Å². The van der Waals surface area contributed by atoms with E-state index >= 15 is 0 Å². The van der Waals surface area contributed by atoms with E-state index < -0.39 is 5.41 Å². The number of nitrogens with zero attached hydrogens (tertiary/aromatic N) is 3. The third-order valence-electron chi connectivity index (χ3n) is 3.91. The Morgan fingerprint density at radius 1 is 1.44 bits per heavy atom. The summed E-state index contributed by atoms with van der Waals surface area (Å²) >= 11 is 0. The maximum absolute atomic E-state index is 12.4. The second-order valence-corrected chi connectivity index (χ2v) is 5.12. The van der Waals surface area contributed by atoms with Gasteiger partial charge in [-0.05, 0) is 25.7 Å². The van der Waals surface area contributed by atoms with Crippen molar-refractivity contribution < 1.29 is 9.58 Å². The number of hydrogen-bond donors (Lipinski definition) is 0. The zero-order valence-electron chi connectivity index (χ0n) is 11.1. The number of hydrogen-bond acceptors (Lipinski definition) is 2. The van der Waals surface area contributed by atoms with Crippen molar-refractivity contribution in [1.29, 1.82) is 5.26 Å². The molecule has 1 saturated carbocycles. The number of rotatable bonds is 6. The molecule has 1 unspecified atom stereocenters. The molecule has 0 aromatic heterocycles. The highest BCUT2D eigenvalue weighted by Crippen LogP contribution is 2.40. The van der Waals surface area contributed by atoms with Crippen LogP contribution in [0.25, 0.3) is 5.53 Å². The predicted molar refractivity (Wildman–Crippen MR) is 68.9 cm³/mol. The molecule has 98 valence electrons. The molecule has 1 fully saturated rings. The third kappa shape index (κ3) is 3.27. The van der Waals surface area contributed by atoms with Crippen molar-refractivity contribution in [1.82, 2.24) is 0 Å². The van der Waals surface area contributed by atoms with Crippen LogP contribution in [0.1, 0.15) is 64.7 Å². The van der Waals surface area contributed by atoms with Crippen molar-refractivity contribution >= 4 is 11.5 Å². The largest absolute Gasteiger partial charge is 0.361 e. The normalized spacial score (nSPS) is 23.6. The quantitative estimate of drug-likeness (QED) is 0.410. The number of carbonyl (C=O) groups is 1. The van der Waals surface area contributed by atoms with E-state index in [1.54, 1.807) is 0 Å². The highest BCUT2D eigenvalue weighted by atomic mass is 16.1. The zero-order valence-corrected chi connectivity index (χ0v) is 11.1. The molecule has 0 amide bonds. The first-order valence-electron chi connectivity index (χ1n) is 6.83. The van der Waals surface area contributed by atoms with Crippen molar-refractivity contribution in [2.75, 3.05) is 0 Å². The summed E-state index contributed by atoms with van der Waals surface area (Å²) in [4.78, 5) is 15.5. The van der Waals surface area contributed by atoms with Gasteiger partial charge in [0, 0.05) is 11.8 Å². The number of Topliss-reactive ketones (excluding diaryl/α,β-unsaturated/α-hetero) is 1. The van der Waals surface area contributed by atoms with Crippen molar-refractivity contribution in [3.63, 3.8) is 0 Å². The van der Waals surface area contributed by atoms with Gasteiger partial charge >= 0.3 is 5.71 Å². The summed E-state index contributed by atoms with van der Waals surface area (Å²) in [6, 6.07) is 2.13. The van der Waals surface area contributed by atoms with Crippen LogP contribution in [0.15, 0.2) is 0 Å². The van der Waals surface area contributed by atoms with Crippen molar-refractivity contribution in [2.24, 2.45) is 5.41 Å². The molecule has 4 heteroatoms. The van der Waals surface area contributed by atoms with E-state index in [1.807, 2.05) is 0 Å². The highest BCUT2D eigenvalue weighted by Gasteiger charge is 2.45. The molecular weight excluding hydrogens is 226 g/mol. The third-order valence-corrected chi connectivity index (χ3v) is 3.91. The molecule has 0 aromatic rings. The van der Waals surface area contributed by atoms with Crippen LogP contribution in [-0.4, -0.2) is 16.3 Å². The van der Waals surface area contributed by atoms with E-state index in [-0.39, 0.29) is 5.78 Å². The summed E-state index contributed by atoms with van der Waals surface area (Å²) in [6.07, 6.45) is 7.32. The number of carbonyl (C=O) groups excluding carboxylic acids is 1. The molecule has 0 radical (unpaired) electrons. The van der Waals surface area contributed by atoms with E-state index in [0.717, 1.165) is 38.5 Å². The van der Waals surface area contributed by atoms with Gasteiger partial charge in [-0.15, -0.1) is 0 Å². The number of unbranched alkanes of at least 4 members (excludes halogenated alkanes) is 2. The zero-order chi connectivity index (χ0) is 13.4. The van der Waals surface area contributed by atoms with Gasteiger partial charge in [0.1, 0.15) is 0 Å². The fourth-order valence-corrected chi connectivity index (χ4v) is 2.83. The van der Waals surface area contributed by atoms with Crippen LogP contribution in [0.4, 0.5) is 0 Å². The van der Waals surface area contributed by atoms with Crippen molar-refractivity contribution in [2.45, 2.75) is 64.7 Å². The van der Waals surface area contributed by atoms with Gasteiger partial charge < -0.3 is 5.53 Å². The monoisotopic (exact) mass is 247 g/mol. The van der Waals surface area contributed by atoms with E-state index in [0.29, 0.717) is 25.0 Å². The first kappa shape index (κ1) is 14.6. The molecule has 1 aliphatic carbocycles. The van der Waals surface area contributed by atoms with Crippen LogP contribution in [0.5, 0.6) is 0 Å². The Morgan fingerprint density at radius 2 is 2.22 bits per heavy atom. The Hall–Kier alpha value is -1.46. The summed E-state index contributed by atoms with van der Waals surface area (Å²) in [5.41, 5.74) is 8.75. The lowest BCUT2D eigenvalue weighted by atomic mass is 9.66. The van der Waals surface area contributed by atoms with Crippen LogP contribution in [0.2, 0.25) is 0 Å². The molecule has 1 rings (SSSR count). The van der Waals surface area contributed by atoms with Crippen LogP contribution >= 0.6 is 0 Å². The summed E-state index contributed by atoms with van der Waals surface area (Å²) in [7, 11) is 0. The van der Waals surface area contributed by atoms with Gasteiger partial charge in [0.05, 0.1) is 12.5 Å². The maximum atomic E-state index is 12.4. The average Bonchev–Trinajstić information content (AvgIpc) is 2.39. The molecule has 0 N–H and O–H groups in total.